The highest BCUT2D eigenvalue weighted by atomic mass is 16.1. The van der Waals surface area contributed by atoms with Crippen LogP contribution in [-0.2, 0) is 9.59 Å². The molecular formula is C15H22N2O2. The summed E-state index contributed by atoms with van der Waals surface area (Å²) in [6, 6.07) is 0.209. The third-order valence-electron chi connectivity index (χ3n) is 5.18. The quantitative estimate of drug-likeness (QED) is 0.546. The molecule has 0 amide bonds. The van der Waals surface area contributed by atoms with E-state index >= 15 is 0 Å². The summed E-state index contributed by atoms with van der Waals surface area (Å²) in [6.07, 6.45) is 8.80. The number of isocyanates is 2. The third kappa shape index (κ3) is 2.70. The predicted octanol–water partition coefficient (Wildman–Crippen LogP) is 2.88. The van der Waals surface area contributed by atoms with Crippen molar-refractivity contribution in [1.82, 2.24) is 0 Å². The first-order chi connectivity index (χ1) is 9.24. The molecule has 4 unspecified atom stereocenters. The Kier molecular flexibility index (Phi) is 4.68. The van der Waals surface area contributed by atoms with Crippen molar-refractivity contribution >= 4 is 12.2 Å². The highest BCUT2D eigenvalue weighted by Crippen LogP contribution is 2.55. The van der Waals surface area contributed by atoms with Crippen LogP contribution in [0.3, 0.4) is 0 Å². The number of fused-ring (bicyclic) bond motifs is 2. The van der Waals surface area contributed by atoms with Crippen LogP contribution >= 0.6 is 0 Å². The summed E-state index contributed by atoms with van der Waals surface area (Å²) in [4.78, 5) is 29.1. The minimum atomic E-state index is 0.105. The van der Waals surface area contributed by atoms with Gasteiger partial charge in [0.1, 0.15) is 0 Å². The Morgan fingerprint density at radius 2 is 1.42 bits per heavy atom. The summed E-state index contributed by atoms with van der Waals surface area (Å²) in [5.74, 6) is 2.25. The maximum absolute atomic E-state index is 10.5. The Labute approximate surface area is 114 Å². The molecule has 2 aliphatic rings. The molecule has 0 radical (unpaired) electrons. The molecule has 0 N–H and O–H groups in total. The van der Waals surface area contributed by atoms with Gasteiger partial charge < -0.3 is 0 Å². The van der Waals surface area contributed by atoms with Gasteiger partial charge in [-0.25, -0.2) is 19.6 Å². The van der Waals surface area contributed by atoms with Crippen molar-refractivity contribution in [2.45, 2.75) is 58.0 Å². The fourth-order valence-electron chi connectivity index (χ4n) is 4.46. The van der Waals surface area contributed by atoms with Crippen LogP contribution in [0, 0.1) is 23.7 Å². The maximum atomic E-state index is 10.5. The summed E-state index contributed by atoms with van der Waals surface area (Å²) in [5, 5.41) is 0. The molecule has 19 heavy (non-hydrogen) atoms. The summed E-state index contributed by atoms with van der Waals surface area (Å²) in [5.41, 5.74) is 0. The van der Waals surface area contributed by atoms with E-state index in [1.165, 1.54) is 19.3 Å². The van der Waals surface area contributed by atoms with Crippen LogP contribution in [0.1, 0.15) is 46.0 Å². The summed E-state index contributed by atoms with van der Waals surface area (Å²) in [6.45, 7) is 4.15. The molecule has 104 valence electrons. The lowest BCUT2D eigenvalue weighted by Crippen LogP contribution is -2.34. The highest BCUT2D eigenvalue weighted by Gasteiger charge is 2.50. The molecule has 0 saturated heterocycles. The second-order valence-corrected chi connectivity index (χ2v) is 5.96. The standard InChI is InChI=1S/C15H22N2O2/c1-3-14(16-8-18)12-6-10-5-11(12)13(7-10)15(4-2)17-9-19/h10-15H,3-7H2,1-2H3. The topological polar surface area (TPSA) is 58.9 Å². The van der Waals surface area contributed by atoms with E-state index in [2.05, 4.69) is 23.8 Å². The van der Waals surface area contributed by atoms with E-state index in [4.69, 9.17) is 0 Å². The monoisotopic (exact) mass is 262 g/mol. The Hall–Kier alpha value is -1.24. The summed E-state index contributed by atoms with van der Waals surface area (Å²) in [7, 11) is 0. The largest absolute Gasteiger partial charge is 0.235 e. The molecule has 0 aromatic carbocycles. The van der Waals surface area contributed by atoms with Gasteiger partial charge in [0, 0.05) is 0 Å². The van der Waals surface area contributed by atoms with Gasteiger partial charge in [-0.3, -0.25) is 0 Å². The van der Waals surface area contributed by atoms with Crippen molar-refractivity contribution in [2.75, 3.05) is 0 Å². The molecule has 0 aliphatic heterocycles. The van der Waals surface area contributed by atoms with Gasteiger partial charge in [0.15, 0.2) is 0 Å². The van der Waals surface area contributed by atoms with Gasteiger partial charge in [0.2, 0.25) is 12.2 Å². The normalized spacial score (nSPS) is 35.3. The first kappa shape index (κ1) is 14.2. The van der Waals surface area contributed by atoms with Crippen molar-refractivity contribution in [3.05, 3.63) is 0 Å². The third-order valence-corrected chi connectivity index (χ3v) is 5.18. The molecule has 2 aliphatic carbocycles. The van der Waals surface area contributed by atoms with Crippen LogP contribution in [0.5, 0.6) is 0 Å². The van der Waals surface area contributed by atoms with Gasteiger partial charge in [0.25, 0.3) is 0 Å². The fourth-order valence-corrected chi connectivity index (χ4v) is 4.46. The average molecular weight is 262 g/mol. The first-order valence-corrected chi connectivity index (χ1v) is 7.39. The molecule has 0 spiro atoms. The number of aliphatic imine (C=N–C) groups is 2. The molecule has 2 fully saturated rings. The SMILES string of the molecule is CCC(N=C=O)C1CC2CC(C(CC)N=C=O)C1C2. The van der Waals surface area contributed by atoms with Gasteiger partial charge in [-0.15, -0.1) is 0 Å². The predicted molar refractivity (Wildman–Crippen MR) is 72.2 cm³/mol. The zero-order valence-corrected chi connectivity index (χ0v) is 11.7. The van der Waals surface area contributed by atoms with E-state index in [9.17, 15) is 9.59 Å². The van der Waals surface area contributed by atoms with Crippen molar-refractivity contribution in [2.24, 2.45) is 33.7 Å². The van der Waals surface area contributed by atoms with Crippen LogP contribution in [-0.4, -0.2) is 24.2 Å². The van der Waals surface area contributed by atoms with Gasteiger partial charge >= 0.3 is 0 Å². The number of rotatable bonds is 6. The molecule has 4 heteroatoms. The Balaban J connectivity index is 2.14. The second kappa shape index (κ2) is 6.27. The molecule has 2 saturated carbocycles. The van der Waals surface area contributed by atoms with E-state index in [0.717, 1.165) is 18.8 Å². The molecular weight excluding hydrogens is 240 g/mol. The minimum Gasteiger partial charge on any atom is -0.211 e. The molecule has 0 aromatic rings. The zero-order chi connectivity index (χ0) is 13.8. The Morgan fingerprint density at radius 1 is 0.947 bits per heavy atom. The Morgan fingerprint density at radius 3 is 1.74 bits per heavy atom. The maximum Gasteiger partial charge on any atom is 0.235 e. The van der Waals surface area contributed by atoms with Crippen molar-refractivity contribution in [3.8, 4) is 0 Å². The first-order valence-electron chi connectivity index (χ1n) is 7.39. The number of hydrogen-bond donors (Lipinski definition) is 0. The molecule has 0 aromatic heterocycles. The lowest BCUT2D eigenvalue weighted by atomic mass is 9.73. The van der Waals surface area contributed by atoms with E-state index in [0.29, 0.717) is 17.8 Å². The van der Waals surface area contributed by atoms with E-state index < -0.39 is 0 Å². The Bertz CT molecular complexity index is 374. The van der Waals surface area contributed by atoms with Gasteiger partial charge in [-0.1, -0.05) is 13.8 Å². The van der Waals surface area contributed by atoms with Crippen LogP contribution in [0.25, 0.3) is 0 Å². The van der Waals surface area contributed by atoms with Crippen molar-refractivity contribution in [1.29, 1.82) is 0 Å². The molecule has 4 nitrogen and oxygen atoms in total. The fraction of sp³-hybridized carbons (Fsp3) is 0.867. The van der Waals surface area contributed by atoms with Crippen molar-refractivity contribution < 1.29 is 9.59 Å². The lowest BCUT2D eigenvalue weighted by molar-refractivity contribution is 0.178. The number of carbonyl (C=O) groups excluding carboxylic acids is 2. The van der Waals surface area contributed by atoms with E-state index in [-0.39, 0.29) is 12.1 Å². The van der Waals surface area contributed by atoms with Gasteiger partial charge in [-0.05, 0) is 55.8 Å². The summed E-state index contributed by atoms with van der Waals surface area (Å²) < 4.78 is 0. The van der Waals surface area contributed by atoms with E-state index in [1.807, 2.05) is 0 Å². The highest BCUT2D eigenvalue weighted by molar-refractivity contribution is 5.34. The molecule has 0 heterocycles. The summed E-state index contributed by atoms with van der Waals surface area (Å²) >= 11 is 0. The number of nitrogens with zero attached hydrogens (tertiary/aromatic N) is 2. The van der Waals surface area contributed by atoms with Crippen molar-refractivity contribution in [3.63, 3.8) is 0 Å². The minimum absolute atomic E-state index is 0.105. The van der Waals surface area contributed by atoms with E-state index in [1.54, 1.807) is 12.2 Å². The molecule has 2 rings (SSSR count). The van der Waals surface area contributed by atoms with Crippen LogP contribution in [0.15, 0.2) is 9.98 Å². The van der Waals surface area contributed by atoms with Crippen LogP contribution in [0.4, 0.5) is 0 Å². The van der Waals surface area contributed by atoms with Gasteiger partial charge in [-0.2, -0.15) is 0 Å². The number of hydrogen-bond acceptors (Lipinski definition) is 4. The van der Waals surface area contributed by atoms with Crippen LogP contribution < -0.4 is 0 Å². The average Bonchev–Trinajstić information content (AvgIpc) is 3.02. The smallest absolute Gasteiger partial charge is 0.211 e. The van der Waals surface area contributed by atoms with Gasteiger partial charge in [0.05, 0.1) is 12.1 Å². The molecule has 4 atom stereocenters. The molecule has 2 bridgehead atoms. The second-order valence-electron chi connectivity index (χ2n) is 5.96. The van der Waals surface area contributed by atoms with Crippen LogP contribution in [0.2, 0.25) is 0 Å². The zero-order valence-electron chi connectivity index (χ0n) is 11.7. The lowest BCUT2D eigenvalue weighted by Gasteiger charge is -2.34.